The van der Waals surface area contributed by atoms with Crippen molar-refractivity contribution < 1.29 is 5.11 Å². The summed E-state index contributed by atoms with van der Waals surface area (Å²) in [4.78, 5) is 0. The first-order valence-electron chi connectivity index (χ1n) is 5.08. The van der Waals surface area contributed by atoms with Gasteiger partial charge in [0, 0.05) is 17.0 Å². The number of aliphatic hydroxyl groups is 1. The van der Waals surface area contributed by atoms with Crippen molar-refractivity contribution in [3.8, 4) is 0 Å². The number of hydrogen-bond acceptors (Lipinski definition) is 3. The van der Waals surface area contributed by atoms with Crippen LogP contribution in [0.25, 0.3) is 0 Å². The zero-order chi connectivity index (χ0) is 10.3. The maximum atomic E-state index is 9.30. The molecule has 3 atom stereocenters. The maximum Gasteiger partial charge on any atom is 0.0628 e. The first-order chi connectivity index (χ1) is 6.11. The standard InChI is InChI=1S/C10H23NOS/c1-5-6-10(11-4)7-13-9(3)8(2)12/h8-12H,5-7H2,1-4H3. The van der Waals surface area contributed by atoms with E-state index in [2.05, 4.69) is 19.2 Å². The van der Waals surface area contributed by atoms with Crippen LogP contribution < -0.4 is 5.32 Å². The molecule has 0 aliphatic rings. The normalized spacial score (nSPS) is 18.2. The molecule has 0 spiro atoms. The molecule has 0 aromatic rings. The Balaban J connectivity index is 3.58. The third kappa shape index (κ3) is 6.36. The van der Waals surface area contributed by atoms with Gasteiger partial charge >= 0.3 is 0 Å². The van der Waals surface area contributed by atoms with E-state index in [0.29, 0.717) is 11.3 Å². The van der Waals surface area contributed by atoms with Crippen LogP contribution in [0.2, 0.25) is 0 Å². The molecule has 0 bridgehead atoms. The predicted octanol–water partition coefficient (Wildman–Crippen LogP) is 1.88. The van der Waals surface area contributed by atoms with Crippen LogP contribution in [-0.2, 0) is 0 Å². The van der Waals surface area contributed by atoms with Gasteiger partial charge in [-0.1, -0.05) is 20.3 Å². The van der Waals surface area contributed by atoms with Crippen LogP contribution >= 0.6 is 11.8 Å². The zero-order valence-electron chi connectivity index (χ0n) is 9.21. The van der Waals surface area contributed by atoms with Crippen molar-refractivity contribution in [2.75, 3.05) is 12.8 Å². The molecule has 0 aromatic heterocycles. The Morgan fingerprint density at radius 2 is 2.00 bits per heavy atom. The molecule has 0 aliphatic carbocycles. The Kier molecular flexibility index (Phi) is 7.81. The van der Waals surface area contributed by atoms with Crippen molar-refractivity contribution in [3.63, 3.8) is 0 Å². The van der Waals surface area contributed by atoms with E-state index in [-0.39, 0.29) is 6.10 Å². The summed E-state index contributed by atoms with van der Waals surface area (Å²) in [6, 6.07) is 0.594. The van der Waals surface area contributed by atoms with E-state index in [9.17, 15) is 5.11 Å². The van der Waals surface area contributed by atoms with Crippen molar-refractivity contribution in [2.24, 2.45) is 0 Å². The van der Waals surface area contributed by atoms with Crippen molar-refractivity contribution >= 4 is 11.8 Å². The number of aliphatic hydroxyl groups excluding tert-OH is 1. The van der Waals surface area contributed by atoms with E-state index in [1.54, 1.807) is 0 Å². The summed E-state index contributed by atoms with van der Waals surface area (Å²) in [5.41, 5.74) is 0. The minimum Gasteiger partial charge on any atom is -0.392 e. The lowest BCUT2D eigenvalue weighted by Gasteiger charge is -2.19. The average molecular weight is 205 g/mol. The summed E-state index contributed by atoms with van der Waals surface area (Å²) in [5.74, 6) is 1.09. The highest BCUT2D eigenvalue weighted by atomic mass is 32.2. The Labute approximate surface area is 86.5 Å². The molecule has 80 valence electrons. The van der Waals surface area contributed by atoms with Gasteiger partial charge in [0.05, 0.1) is 6.10 Å². The molecule has 0 aromatic carbocycles. The highest BCUT2D eigenvalue weighted by Crippen LogP contribution is 2.16. The lowest BCUT2D eigenvalue weighted by atomic mass is 10.2. The molecule has 3 unspecified atom stereocenters. The smallest absolute Gasteiger partial charge is 0.0628 e. The molecule has 2 nitrogen and oxygen atoms in total. The van der Waals surface area contributed by atoms with Gasteiger partial charge in [0.15, 0.2) is 0 Å². The van der Waals surface area contributed by atoms with Crippen LogP contribution in [0.3, 0.4) is 0 Å². The number of nitrogens with one attached hydrogen (secondary N) is 1. The van der Waals surface area contributed by atoms with Crippen molar-refractivity contribution in [2.45, 2.75) is 51.0 Å². The molecule has 0 radical (unpaired) electrons. The molecule has 0 saturated carbocycles. The van der Waals surface area contributed by atoms with Crippen LogP contribution in [-0.4, -0.2) is 35.3 Å². The van der Waals surface area contributed by atoms with Crippen LogP contribution in [0, 0.1) is 0 Å². The monoisotopic (exact) mass is 205 g/mol. The minimum atomic E-state index is -0.205. The molecule has 0 rings (SSSR count). The summed E-state index contributed by atoms with van der Waals surface area (Å²) in [6.45, 7) is 6.13. The highest BCUT2D eigenvalue weighted by molar-refractivity contribution is 7.99. The molecule has 13 heavy (non-hydrogen) atoms. The fourth-order valence-corrected chi connectivity index (χ4v) is 2.21. The third-order valence-corrected chi connectivity index (χ3v) is 3.80. The highest BCUT2D eigenvalue weighted by Gasteiger charge is 2.12. The van der Waals surface area contributed by atoms with Crippen LogP contribution in [0.5, 0.6) is 0 Å². The number of thioether (sulfide) groups is 1. The average Bonchev–Trinajstić information content (AvgIpc) is 2.11. The van der Waals surface area contributed by atoms with Gasteiger partial charge in [-0.25, -0.2) is 0 Å². The molecular formula is C10H23NOS. The van der Waals surface area contributed by atoms with Crippen molar-refractivity contribution in [3.05, 3.63) is 0 Å². The SMILES string of the molecule is CCCC(CSC(C)C(C)O)NC. The quantitative estimate of drug-likeness (QED) is 0.665. The Hall–Kier alpha value is 0.270. The fourth-order valence-electron chi connectivity index (χ4n) is 1.07. The summed E-state index contributed by atoms with van der Waals surface area (Å²) in [5, 5.41) is 12.9. The summed E-state index contributed by atoms with van der Waals surface area (Å²) in [7, 11) is 2.01. The first-order valence-corrected chi connectivity index (χ1v) is 6.13. The van der Waals surface area contributed by atoms with Gasteiger partial charge in [-0.15, -0.1) is 0 Å². The van der Waals surface area contributed by atoms with E-state index < -0.39 is 0 Å². The number of hydrogen-bond donors (Lipinski definition) is 2. The molecule has 2 N–H and O–H groups in total. The van der Waals surface area contributed by atoms with Gasteiger partial charge < -0.3 is 10.4 Å². The Bertz CT molecular complexity index is 119. The van der Waals surface area contributed by atoms with Gasteiger partial charge in [-0.3, -0.25) is 0 Å². The Morgan fingerprint density at radius 1 is 1.38 bits per heavy atom. The molecule has 3 heteroatoms. The van der Waals surface area contributed by atoms with Crippen LogP contribution in [0.1, 0.15) is 33.6 Å². The second kappa shape index (κ2) is 7.65. The van der Waals surface area contributed by atoms with E-state index >= 15 is 0 Å². The maximum absolute atomic E-state index is 9.30. The van der Waals surface area contributed by atoms with Crippen molar-refractivity contribution in [1.29, 1.82) is 0 Å². The fraction of sp³-hybridized carbons (Fsp3) is 1.00. The summed E-state index contributed by atoms with van der Waals surface area (Å²) in [6.07, 6.45) is 2.23. The van der Waals surface area contributed by atoms with Gasteiger partial charge in [0.1, 0.15) is 0 Å². The summed E-state index contributed by atoms with van der Waals surface area (Å²) < 4.78 is 0. The zero-order valence-corrected chi connectivity index (χ0v) is 10.0. The van der Waals surface area contributed by atoms with E-state index in [0.717, 1.165) is 5.75 Å². The van der Waals surface area contributed by atoms with E-state index in [4.69, 9.17) is 0 Å². The van der Waals surface area contributed by atoms with Gasteiger partial charge in [0.25, 0.3) is 0 Å². The van der Waals surface area contributed by atoms with Crippen LogP contribution in [0.15, 0.2) is 0 Å². The van der Waals surface area contributed by atoms with Crippen molar-refractivity contribution in [1.82, 2.24) is 5.32 Å². The predicted molar refractivity (Wildman–Crippen MR) is 61.4 cm³/mol. The minimum absolute atomic E-state index is 0.205. The molecule has 0 aliphatic heterocycles. The molecule has 0 fully saturated rings. The molecule has 0 heterocycles. The van der Waals surface area contributed by atoms with Gasteiger partial charge in [0.2, 0.25) is 0 Å². The lowest BCUT2D eigenvalue weighted by molar-refractivity contribution is 0.196. The molecule has 0 amide bonds. The second-order valence-electron chi connectivity index (χ2n) is 3.55. The summed E-state index contributed by atoms with van der Waals surface area (Å²) >= 11 is 1.84. The van der Waals surface area contributed by atoms with Gasteiger partial charge in [-0.05, 0) is 20.4 Å². The first kappa shape index (κ1) is 13.3. The molecule has 0 saturated heterocycles. The van der Waals surface area contributed by atoms with Gasteiger partial charge in [-0.2, -0.15) is 11.8 Å². The largest absolute Gasteiger partial charge is 0.392 e. The van der Waals surface area contributed by atoms with E-state index in [1.807, 2.05) is 25.7 Å². The Morgan fingerprint density at radius 3 is 2.38 bits per heavy atom. The lowest BCUT2D eigenvalue weighted by Crippen LogP contribution is -2.29. The third-order valence-electron chi connectivity index (χ3n) is 2.29. The second-order valence-corrected chi connectivity index (χ2v) is 4.96. The van der Waals surface area contributed by atoms with Crippen LogP contribution in [0.4, 0.5) is 0 Å². The molecular weight excluding hydrogens is 182 g/mol. The number of rotatable bonds is 7. The topological polar surface area (TPSA) is 32.3 Å². The van der Waals surface area contributed by atoms with E-state index in [1.165, 1.54) is 12.8 Å².